The fraction of sp³-hybridized carbons (Fsp3) is 0.381. The van der Waals surface area contributed by atoms with Crippen LogP contribution in [0.4, 0.5) is 4.39 Å². The molecule has 166 valence electrons. The van der Waals surface area contributed by atoms with Gasteiger partial charge in [-0.25, -0.2) is 4.39 Å². The Balaban J connectivity index is 0.00000450. The fourth-order valence-electron chi connectivity index (χ4n) is 2.63. The van der Waals surface area contributed by atoms with E-state index in [-0.39, 0.29) is 29.8 Å². The van der Waals surface area contributed by atoms with Crippen molar-refractivity contribution in [2.75, 3.05) is 40.7 Å². The summed E-state index contributed by atoms with van der Waals surface area (Å²) in [5, 5.41) is 6.57. The number of guanidine groups is 1. The summed E-state index contributed by atoms with van der Waals surface area (Å²) in [6, 6.07) is 10.2. The molecule has 0 spiro atoms. The smallest absolute Gasteiger partial charge is 0.191 e. The molecule has 0 bridgehead atoms. The Labute approximate surface area is 199 Å². The Morgan fingerprint density at radius 1 is 0.967 bits per heavy atom. The molecule has 0 radical (unpaired) electrons. The van der Waals surface area contributed by atoms with Crippen LogP contribution in [0.2, 0.25) is 0 Å². The number of thioether (sulfide) groups is 1. The van der Waals surface area contributed by atoms with Crippen LogP contribution in [-0.4, -0.2) is 46.6 Å². The van der Waals surface area contributed by atoms with Gasteiger partial charge in [-0.05, 0) is 42.5 Å². The van der Waals surface area contributed by atoms with E-state index in [0.717, 1.165) is 29.2 Å². The van der Waals surface area contributed by atoms with Crippen molar-refractivity contribution < 1.29 is 18.6 Å². The summed E-state index contributed by atoms with van der Waals surface area (Å²) < 4.78 is 29.1. The standard InChI is InChI=1S/C21H28FN3O3S.HI/c1-23-21(24-10-5-11-29-17-8-6-16(22)7-9-17)25-14-15-12-19(27-3)20(28-4)13-18(15)26-2;/h6-9,12-13H,5,10-11,14H2,1-4H3,(H2,23,24,25);1H. The summed E-state index contributed by atoms with van der Waals surface area (Å²) in [7, 11) is 6.55. The molecule has 0 amide bonds. The van der Waals surface area contributed by atoms with Crippen molar-refractivity contribution in [1.29, 1.82) is 0 Å². The minimum Gasteiger partial charge on any atom is -0.496 e. The topological polar surface area (TPSA) is 64.1 Å². The van der Waals surface area contributed by atoms with Crippen LogP contribution in [0.15, 0.2) is 46.3 Å². The van der Waals surface area contributed by atoms with Gasteiger partial charge in [-0.15, -0.1) is 35.7 Å². The molecule has 0 saturated carbocycles. The van der Waals surface area contributed by atoms with E-state index in [9.17, 15) is 4.39 Å². The zero-order valence-corrected chi connectivity index (χ0v) is 20.8. The third-order valence-corrected chi connectivity index (χ3v) is 5.25. The maximum atomic E-state index is 12.9. The maximum absolute atomic E-state index is 12.9. The molecule has 2 aromatic carbocycles. The van der Waals surface area contributed by atoms with Crippen LogP contribution in [0.5, 0.6) is 17.2 Å². The number of hydrogen-bond acceptors (Lipinski definition) is 5. The zero-order valence-electron chi connectivity index (χ0n) is 17.7. The lowest BCUT2D eigenvalue weighted by atomic mass is 10.1. The SMILES string of the molecule is CN=C(NCCCSc1ccc(F)cc1)NCc1cc(OC)c(OC)cc1OC.I. The van der Waals surface area contributed by atoms with E-state index < -0.39 is 0 Å². The second-order valence-corrected chi connectivity index (χ2v) is 7.20. The normalized spacial score (nSPS) is 10.8. The van der Waals surface area contributed by atoms with Gasteiger partial charge in [0.05, 0.1) is 21.3 Å². The molecule has 0 heterocycles. The van der Waals surface area contributed by atoms with Gasteiger partial charge in [-0.3, -0.25) is 4.99 Å². The third kappa shape index (κ3) is 8.10. The molecule has 0 aliphatic rings. The molecule has 9 heteroatoms. The highest BCUT2D eigenvalue weighted by molar-refractivity contribution is 14.0. The molecule has 0 aromatic heterocycles. The zero-order chi connectivity index (χ0) is 21.1. The Bertz CT molecular complexity index is 807. The number of aliphatic imine (C=N–C) groups is 1. The van der Waals surface area contributed by atoms with E-state index in [4.69, 9.17) is 14.2 Å². The molecule has 0 aliphatic carbocycles. The summed E-state index contributed by atoms with van der Waals surface area (Å²) >= 11 is 1.70. The van der Waals surface area contributed by atoms with Crippen molar-refractivity contribution >= 4 is 41.7 Å². The molecular weight excluding hydrogens is 520 g/mol. The summed E-state index contributed by atoms with van der Waals surface area (Å²) in [4.78, 5) is 5.31. The summed E-state index contributed by atoms with van der Waals surface area (Å²) in [6.45, 7) is 1.30. The first-order valence-electron chi connectivity index (χ1n) is 9.23. The highest BCUT2D eigenvalue weighted by Gasteiger charge is 2.12. The van der Waals surface area contributed by atoms with Crippen LogP contribution in [0.3, 0.4) is 0 Å². The number of nitrogens with one attached hydrogen (secondary N) is 2. The molecular formula is C21H29FIN3O3S. The molecule has 0 saturated heterocycles. The average molecular weight is 549 g/mol. The van der Waals surface area contributed by atoms with Crippen molar-refractivity contribution in [3.63, 3.8) is 0 Å². The van der Waals surface area contributed by atoms with Gasteiger partial charge in [-0.2, -0.15) is 0 Å². The average Bonchev–Trinajstić information content (AvgIpc) is 2.76. The Kier molecular flexibility index (Phi) is 12.4. The molecule has 0 atom stereocenters. The molecule has 2 aromatic rings. The van der Waals surface area contributed by atoms with Gasteiger partial charge < -0.3 is 24.8 Å². The second-order valence-electron chi connectivity index (χ2n) is 6.03. The van der Waals surface area contributed by atoms with Gasteiger partial charge in [-0.1, -0.05) is 0 Å². The Morgan fingerprint density at radius 3 is 2.20 bits per heavy atom. The molecule has 0 aliphatic heterocycles. The molecule has 0 fully saturated rings. The number of halogens is 2. The van der Waals surface area contributed by atoms with E-state index in [1.165, 1.54) is 12.1 Å². The number of benzene rings is 2. The summed E-state index contributed by atoms with van der Waals surface area (Å²) in [5.74, 6) is 3.39. The van der Waals surface area contributed by atoms with Crippen LogP contribution in [0.25, 0.3) is 0 Å². The van der Waals surface area contributed by atoms with Crippen molar-refractivity contribution in [2.45, 2.75) is 17.9 Å². The van der Waals surface area contributed by atoms with Crippen molar-refractivity contribution in [3.8, 4) is 17.2 Å². The molecule has 6 nitrogen and oxygen atoms in total. The van der Waals surface area contributed by atoms with Crippen LogP contribution < -0.4 is 24.8 Å². The first-order chi connectivity index (χ1) is 14.1. The summed E-state index contributed by atoms with van der Waals surface area (Å²) in [6.07, 6.45) is 0.947. The number of methoxy groups -OCH3 is 3. The van der Waals surface area contributed by atoms with Gasteiger partial charge in [0.2, 0.25) is 0 Å². The van der Waals surface area contributed by atoms with Crippen molar-refractivity contribution in [1.82, 2.24) is 10.6 Å². The van der Waals surface area contributed by atoms with Gasteiger partial charge in [0, 0.05) is 36.7 Å². The van der Waals surface area contributed by atoms with Crippen LogP contribution in [0.1, 0.15) is 12.0 Å². The van der Waals surface area contributed by atoms with E-state index in [0.29, 0.717) is 29.8 Å². The van der Waals surface area contributed by atoms with E-state index in [2.05, 4.69) is 15.6 Å². The predicted octanol–water partition coefficient (Wildman–Crippen LogP) is 4.32. The highest BCUT2D eigenvalue weighted by atomic mass is 127. The first kappa shape index (κ1) is 26.2. The van der Waals surface area contributed by atoms with E-state index in [1.54, 1.807) is 58.3 Å². The second kappa shape index (κ2) is 14.2. The quantitative estimate of drug-likeness (QED) is 0.151. The first-order valence-corrected chi connectivity index (χ1v) is 10.2. The molecule has 30 heavy (non-hydrogen) atoms. The van der Waals surface area contributed by atoms with Crippen molar-refractivity contribution in [3.05, 3.63) is 47.8 Å². The minimum absolute atomic E-state index is 0. The van der Waals surface area contributed by atoms with Crippen LogP contribution in [0, 0.1) is 5.82 Å². The van der Waals surface area contributed by atoms with E-state index in [1.807, 2.05) is 6.07 Å². The number of nitrogens with zero attached hydrogens (tertiary/aromatic N) is 1. The number of rotatable bonds is 10. The largest absolute Gasteiger partial charge is 0.496 e. The van der Waals surface area contributed by atoms with Gasteiger partial charge in [0.15, 0.2) is 17.5 Å². The molecule has 2 rings (SSSR count). The van der Waals surface area contributed by atoms with Crippen LogP contribution >= 0.6 is 35.7 Å². The number of hydrogen-bond donors (Lipinski definition) is 2. The fourth-order valence-corrected chi connectivity index (χ4v) is 3.48. The molecule has 0 unspecified atom stereocenters. The lowest BCUT2D eigenvalue weighted by molar-refractivity contribution is 0.347. The Hall–Kier alpha value is -1.88. The molecule has 2 N–H and O–H groups in total. The number of ether oxygens (including phenoxy) is 3. The van der Waals surface area contributed by atoms with E-state index >= 15 is 0 Å². The monoisotopic (exact) mass is 549 g/mol. The van der Waals surface area contributed by atoms with Gasteiger partial charge in [0.25, 0.3) is 0 Å². The lowest BCUT2D eigenvalue weighted by Gasteiger charge is -2.16. The van der Waals surface area contributed by atoms with Gasteiger partial charge in [0.1, 0.15) is 11.6 Å². The van der Waals surface area contributed by atoms with Gasteiger partial charge >= 0.3 is 0 Å². The highest BCUT2D eigenvalue weighted by Crippen LogP contribution is 2.34. The Morgan fingerprint density at radius 2 is 1.60 bits per heavy atom. The summed E-state index contributed by atoms with van der Waals surface area (Å²) in [5.41, 5.74) is 0.931. The van der Waals surface area contributed by atoms with Crippen LogP contribution in [-0.2, 0) is 6.54 Å². The predicted molar refractivity (Wildman–Crippen MR) is 131 cm³/mol. The minimum atomic E-state index is -0.211. The maximum Gasteiger partial charge on any atom is 0.191 e. The third-order valence-electron chi connectivity index (χ3n) is 4.15. The lowest BCUT2D eigenvalue weighted by Crippen LogP contribution is -2.37. The van der Waals surface area contributed by atoms with Crippen molar-refractivity contribution in [2.24, 2.45) is 4.99 Å².